The molecule has 2 heterocycles. The second-order valence-corrected chi connectivity index (χ2v) is 16.7. The Morgan fingerprint density at radius 3 is 0.776 bits per heavy atom. The van der Waals surface area contributed by atoms with Crippen molar-refractivity contribution < 1.29 is 54.5 Å². The molecule has 0 unspecified atom stereocenters. The lowest BCUT2D eigenvalue weighted by atomic mass is 10.4. The van der Waals surface area contributed by atoms with Gasteiger partial charge in [0.05, 0.1) is 52.9 Å². The molecular weight excluding hydrogens is 728 g/mol. The van der Waals surface area contributed by atoms with Gasteiger partial charge in [0, 0.05) is 13.1 Å². The van der Waals surface area contributed by atoms with Crippen LogP contribution in [0.1, 0.15) is 61.8 Å². The third kappa shape index (κ3) is 12.2. The van der Waals surface area contributed by atoms with E-state index in [1.807, 2.05) is 0 Å². The normalized spacial score (nSPS) is 12.7. The topological polar surface area (TPSA) is 244 Å². The van der Waals surface area contributed by atoms with E-state index in [1.54, 1.807) is 55.4 Å². The molecule has 0 aliphatic rings. The van der Waals surface area contributed by atoms with E-state index in [0.29, 0.717) is 6.42 Å². The Morgan fingerprint density at radius 1 is 0.388 bits per heavy atom. The summed E-state index contributed by atoms with van der Waals surface area (Å²) in [5.74, 6) is -0.180. The van der Waals surface area contributed by atoms with Gasteiger partial charge in [-0.05, 0) is 61.8 Å². The monoisotopic (exact) mass is 776 g/mol. The first-order valence-electron chi connectivity index (χ1n) is 15.9. The van der Waals surface area contributed by atoms with Crippen LogP contribution in [0.2, 0.25) is 0 Å². The molecule has 280 valence electrons. The van der Waals surface area contributed by atoms with Crippen molar-refractivity contribution in [3.63, 3.8) is 0 Å². The Balaban J connectivity index is 2.40. The van der Waals surface area contributed by atoms with Crippen molar-refractivity contribution in [1.29, 1.82) is 0 Å². The fourth-order valence-electron chi connectivity index (χ4n) is 3.82. The average Bonchev–Trinajstić information content (AvgIpc) is 3.05. The van der Waals surface area contributed by atoms with Crippen molar-refractivity contribution in [2.45, 2.75) is 61.8 Å². The first-order valence-corrected chi connectivity index (χ1v) is 22.1. The number of hydrogen-bond donors (Lipinski definition) is 2. The molecule has 0 aliphatic heterocycles. The van der Waals surface area contributed by atoms with Gasteiger partial charge in [0.2, 0.25) is 34.2 Å². The molecule has 49 heavy (non-hydrogen) atoms. The summed E-state index contributed by atoms with van der Waals surface area (Å²) in [6, 6.07) is 0. The lowest BCUT2D eigenvalue weighted by Crippen LogP contribution is -2.32. The lowest BCUT2D eigenvalue weighted by Gasteiger charge is -2.20. The van der Waals surface area contributed by atoms with E-state index in [-0.39, 0.29) is 100 Å². The number of nitrogens with zero attached hydrogens (tertiary/aromatic N) is 6. The van der Waals surface area contributed by atoms with Crippen LogP contribution in [-0.4, -0.2) is 95.8 Å². The number of nitrogens with one attached hydrogen (secondary N) is 2. The van der Waals surface area contributed by atoms with Gasteiger partial charge < -0.3 is 46.8 Å². The van der Waals surface area contributed by atoms with Gasteiger partial charge in [0.15, 0.2) is 0 Å². The summed E-state index contributed by atoms with van der Waals surface area (Å²) in [4.78, 5) is 25.2. The maximum atomic E-state index is 13.6. The molecule has 2 aromatic rings. The summed E-state index contributed by atoms with van der Waals surface area (Å²) in [6.45, 7) is 13.6. The van der Waals surface area contributed by atoms with Gasteiger partial charge in [-0.3, -0.25) is 18.3 Å². The van der Waals surface area contributed by atoms with Gasteiger partial charge in [-0.25, -0.2) is 0 Å². The van der Waals surface area contributed by atoms with E-state index in [1.165, 1.54) is 0 Å². The Kier molecular flexibility index (Phi) is 18.5. The summed E-state index contributed by atoms with van der Waals surface area (Å²) in [5.41, 5.74) is -1.47. The summed E-state index contributed by atoms with van der Waals surface area (Å²) in [6.07, 6.45) is 0.360. The van der Waals surface area contributed by atoms with Crippen LogP contribution in [0.4, 0.5) is 11.9 Å². The summed E-state index contributed by atoms with van der Waals surface area (Å²) >= 11 is 0. The molecule has 2 N–H and O–H groups in total. The van der Waals surface area contributed by atoms with Crippen molar-refractivity contribution in [2.24, 2.45) is 0 Å². The zero-order valence-corrected chi connectivity index (χ0v) is 32.7. The van der Waals surface area contributed by atoms with Crippen molar-refractivity contribution >= 4 is 64.5 Å². The van der Waals surface area contributed by atoms with Crippen LogP contribution < -0.4 is 32.9 Å². The molecule has 0 radical (unpaired) electrons. The maximum Gasteiger partial charge on any atom is 0.398 e. The van der Waals surface area contributed by atoms with Crippen molar-refractivity contribution in [3.8, 4) is 0 Å². The number of aromatic nitrogens is 6. The highest BCUT2D eigenvalue weighted by molar-refractivity contribution is 7.63. The second kappa shape index (κ2) is 20.9. The average molecular weight is 777 g/mol. The second-order valence-electron chi connectivity index (χ2n) is 9.06. The lowest BCUT2D eigenvalue weighted by molar-refractivity contribution is 0.225. The van der Waals surface area contributed by atoms with Crippen LogP contribution in [0.25, 0.3) is 0 Å². The molecule has 0 amide bonds. The van der Waals surface area contributed by atoms with Gasteiger partial charge in [-0.15, -0.1) is 0 Å². The van der Waals surface area contributed by atoms with Crippen LogP contribution in [0, 0.1) is 0 Å². The van der Waals surface area contributed by atoms with Crippen molar-refractivity contribution in [3.05, 3.63) is 0 Å². The maximum absolute atomic E-state index is 13.6. The molecule has 0 fully saturated rings. The molecule has 0 bridgehead atoms. The van der Waals surface area contributed by atoms with Gasteiger partial charge in [-0.1, -0.05) is 0 Å². The Hall–Kier alpha value is -1.78. The highest BCUT2D eigenvalue weighted by Crippen LogP contribution is 2.49. The third-order valence-corrected chi connectivity index (χ3v) is 13.1. The van der Waals surface area contributed by atoms with Crippen LogP contribution in [-0.2, 0) is 54.5 Å². The molecule has 0 aromatic carbocycles. The minimum Gasteiger partial charge on any atom is -0.354 e. The van der Waals surface area contributed by atoms with Crippen LogP contribution in [0.15, 0.2) is 0 Å². The van der Waals surface area contributed by atoms with Crippen LogP contribution in [0.3, 0.4) is 0 Å². The highest BCUT2D eigenvalue weighted by Gasteiger charge is 2.39. The molecule has 24 heteroatoms. The van der Waals surface area contributed by atoms with Crippen molar-refractivity contribution in [2.75, 3.05) is 76.6 Å². The largest absolute Gasteiger partial charge is 0.398 e. The predicted molar refractivity (Wildman–Crippen MR) is 183 cm³/mol. The molecule has 2 aromatic heterocycles. The number of rotatable bonds is 26. The van der Waals surface area contributed by atoms with Gasteiger partial charge in [0.1, 0.15) is 0 Å². The number of hydrogen-bond acceptors (Lipinski definition) is 20. The fourth-order valence-corrected chi connectivity index (χ4v) is 9.65. The van der Waals surface area contributed by atoms with E-state index in [4.69, 9.17) is 36.2 Å². The van der Waals surface area contributed by atoms with Crippen LogP contribution >= 0.6 is 30.4 Å². The molecule has 0 saturated carbocycles. The van der Waals surface area contributed by atoms with E-state index in [9.17, 15) is 18.3 Å². The van der Waals surface area contributed by atoms with Gasteiger partial charge in [0.25, 0.3) is 0 Å². The van der Waals surface area contributed by atoms with E-state index >= 15 is 0 Å². The fraction of sp³-hybridized carbons (Fsp3) is 0.760. The van der Waals surface area contributed by atoms with Crippen LogP contribution in [0.5, 0.6) is 0 Å². The summed E-state index contributed by atoms with van der Waals surface area (Å²) < 4.78 is 97.4. The first kappa shape index (κ1) is 43.4. The van der Waals surface area contributed by atoms with Gasteiger partial charge in [-0.2, -0.15) is 29.9 Å². The Bertz CT molecular complexity index is 1280. The summed E-state index contributed by atoms with van der Waals surface area (Å²) in [5, 5.41) is 5.95. The minimum atomic E-state index is -4.03. The minimum absolute atomic E-state index is 0.0248. The molecule has 2 rings (SSSR count). The molecule has 0 atom stereocenters. The van der Waals surface area contributed by atoms with Gasteiger partial charge >= 0.3 is 30.4 Å². The molecule has 20 nitrogen and oxygen atoms in total. The summed E-state index contributed by atoms with van der Waals surface area (Å²) in [7, 11) is -16.1. The molecule has 0 saturated heterocycles. The SMILES string of the molecule is CCOP(=O)(OCC)c1nc(NCCCNc2nc(P(=O)(OCC)OCC)nc(P(=O)(OCC)OCC)n2)nc(P(=O)(OCC)OCC)n1. The molecule has 0 aliphatic carbocycles. The zero-order valence-electron chi connectivity index (χ0n) is 29.1. The third-order valence-electron chi connectivity index (χ3n) is 5.52. The van der Waals surface area contributed by atoms with E-state index in [2.05, 4.69) is 40.5 Å². The molecular formula is C25H48N8O12P4. The first-order chi connectivity index (χ1) is 23.4. The van der Waals surface area contributed by atoms with E-state index < -0.39 is 30.4 Å². The predicted octanol–water partition coefficient (Wildman–Crippen LogP) is 3.54. The Morgan fingerprint density at radius 2 is 0.592 bits per heavy atom. The van der Waals surface area contributed by atoms with E-state index in [0.717, 1.165) is 0 Å². The standard InChI is InChI=1S/C25H48N8O12P4/c1-9-38-46(34,39-10-2)22-28-20(29-23(32-22)47(35,40-11-3)41-12-4)26-18-17-19-27-21-30-24(48(36,42-13-5)43-14-6)33-25(31-21)49(37,44-15-7)45-16-8/h9-19H2,1-8H3,(H,26,28,29,32)(H,27,30,31,33). The quantitative estimate of drug-likeness (QED) is 0.102. The Labute approximate surface area is 287 Å². The number of anilines is 2. The van der Waals surface area contributed by atoms with Crippen molar-refractivity contribution in [1.82, 2.24) is 29.9 Å². The smallest absolute Gasteiger partial charge is 0.354 e. The highest BCUT2D eigenvalue weighted by atomic mass is 31.2. The zero-order chi connectivity index (χ0) is 36.6. The molecule has 0 spiro atoms.